The fourth-order valence-electron chi connectivity index (χ4n) is 3.03. The summed E-state index contributed by atoms with van der Waals surface area (Å²) in [5, 5.41) is 5.41. The Bertz CT molecular complexity index is 873. The second kappa shape index (κ2) is 8.93. The van der Waals surface area contributed by atoms with Crippen LogP contribution < -0.4 is 10.6 Å². The number of imide groups is 1. The summed E-state index contributed by atoms with van der Waals surface area (Å²) in [6, 6.07) is 9.58. The fourth-order valence-corrected chi connectivity index (χ4v) is 3.26. The van der Waals surface area contributed by atoms with E-state index in [0.29, 0.717) is 16.3 Å². The van der Waals surface area contributed by atoms with Crippen molar-refractivity contribution in [2.75, 3.05) is 0 Å². The number of urea groups is 1. The van der Waals surface area contributed by atoms with Crippen LogP contribution in [0.4, 0.5) is 4.79 Å². The minimum Gasteiger partial charge on any atom is -0.449 e. The number of hydrogen-bond acceptors (Lipinski definition) is 5. The van der Waals surface area contributed by atoms with Crippen LogP contribution in [-0.2, 0) is 9.53 Å². The molecule has 0 radical (unpaired) electrons. The lowest BCUT2D eigenvalue weighted by atomic mass is 10.2. The maximum Gasteiger partial charge on any atom is 0.375 e. The highest BCUT2D eigenvalue weighted by Gasteiger charge is 2.24. The number of carbonyl (C=O) groups excluding carboxylic acids is 3. The van der Waals surface area contributed by atoms with Crippen molar-refractivity contribution in [1.82, 2.24) is 10.6 Å². The molecule has 0 aliphatic heterocycles. The molecule has 1 atom stereocenters. The molecule has 0 unspecified atom stereocenters. The first-order chi connectivity index (χ1) is 13.4. The lowest BCUT2D eigenvalue weighted by Gasteiger charge is -2.15. The molecule has 2 aromatic rings. The van der Waals surface area contributed by atoms with Crippen LogP contribution in [0.15, 0.2) is 40.8 Å². The number of furan rings is 1. The standard InChI is InChI=1S/C20H21ClN2O5/c1-12(18(24)23-20(26)22-13-6-2-3-7-13)27-19(25)17-11-10-16(28-17)14-8-4-5-9-15(14)21/h4-5,8-13H,2-3,6-7H2,1H3,(H2,22,23,24,26)/t12-/m1/s1. The zero-order chi connectivity index (χ0) is 20.1. The van der Waals surface area contributed by atoms with E-state index in [0.717, 1.165) is 25.7 Å². The van der Waals surface area contributed by atoms with Crippen LogP contribution in [0.3, 0.4) is 0 Å². The van der Waals surface area contributed by atoms with Gasteiger partial charge in [0.05, 0.1) is 5.02 Å². The molecule has 0 spiro atoms. The number of benzene rings is 1. The van der Waals surface area contributed by atoms with E-state index in [2.05, 4.69) is 10.6 Å². The van der Waals surface area contributed by atoms with Gasteiger partial charge in [0, 0.05) is 11.6 Å². The van der Waals surface area contributed by atoms with Gasteiger partial charge < -0.3 is 14.5 Å². The highest BCUT2D eigenvalue weighted by Crippen LogP contribution is 2.29. The highest BCUT2D eigenvalue weighted by atomic mass is 35.5. The van der Waals surface area contributed by atoms with Crippen molar-refractivity contribution < 1.29 is 23.5 Å². The second-order valence-electron chi connectivity index (χ2n) is 6.64. The van der Waals surface area contributed by atoms with Gasteiger partial charge in [0.2, 0.25) is 5.76 Å². The first kappa shape index (κ1) is 19.9. The van der Waals surface area contributed by atoms with Gasteiger partial charge in [-0.1, -0.05) is 36.6 Å². The average molecular weight is 405 g/mol. The van der Waals surface area contributed by atoms with Crippen LogP contribution in [0.25, 0.3) is 11.3 Å². The van der Waals surface area contributed by atoms with E-state index in [1.165, 1.54) is 13.0 Å². The fraction of sp³-hybridized carbons (Fsp3) is 0.350. The first-order valence-corrected chi connectivity index (χ1v) is 9.49. The molecule has 8 heteroatoms. The number of carbonyl (C=O) groups is 3. The van der Waals surface area contributed by atoms with Crippen LogP contribution in [0.1, 0.15) is 43.2 Å². The van der Waals surface area contributed by atoms with Gasteiger partial charge in [-0.15, -0.1) is 0 Å². The minimum atomic E-state index is -1.16. The second-order valence-corrected chi connectivity index (χ2v) is 7.04. The van der Waals surface area contributed by atoms with Crippen molar-refractivity contribution in [1.29, 1.82) is 0 Å². The molecule has 1 aromatic carbocycles. The van der Waals surface area contributed by atoms with Gasteiger partial charge in [0.1, 0.15) is 5.76 Å². The molecule has 1 saturated carbocycles. The van der Waals surface area contributed by atoms with Crippen LogP contribution in [0, 0.1) is 0 Å². The van der Waals surface area contributed by atoms with Crippen LogP contribution >= 0.6 is 11.6 Å². The van der Waals surface area contributed by atoms with E-state index in [9.17, 15) is 14.4 Å². The molecule has 0 bridgehead atoms. The molecular weight excluding hydrogens is 384 g/mol. The van der Waals surface area contributed by atoms with Crippen molar-refractivity contribution >= 4 is 29.5 Å². The van der Waals surface area contributed by atoms with E-state index in [4.69, 9.17) is 20.8 Å². The quantitative estimate of drug-likeness (QED) is 0.736. The summed E-state index contributed by atoms with van der Waals surface area (Å²) in [5.41, 5.74) is 0.637. The molecule has 1 aliphatic carbocycles. The van der Waals surface area contributed by atoms with Gasteiger partial charge in [-0.2, -0.15) is 0 Å². The molecular formula is C20H21ClN2O5. The number of nitrogens with one attached hydrogen (secondary N) is 2. The van der Waals surface area contributed by atoms with Crippen molar-refractivity contribution in [3.8, 4) is 11.3 Å². The Balaban J connectivity index is 1.54. The van der Waals surface area contributed by atoms with E-state index < -0.39 is 24.0 Å². The summed E-state index contributed by atoms with van der Waals surface area (Å²) in [5.74, 6) is -1.17. The lowest BCUT2D eigenvalue weighted by Crippen LogP contribution is -2.47. The van der Waals surface area contributed by atoms with Crippen molar-refractivity contribution in [2.45, 2.75) is 44.8 Å². The van der Waals surface area contributed by atoms with E-state index in [1.54, 1.807) is 30.3 Å². The maximum atomic E-state index is 12.2. The Morgan fingerprint density at radius 2 is 1.86 bits per heavy atom. The van der Waals surface area contributed by atoms with Crippen molar-refractivity contribution in [3.63, 3.8) is 0 Å². The molecule has 2 N–H and O–H groups in total. The van der Waals surface area contributed by atoms with Crippen LogP contribution in [-0.4, -0.2) is 30.1 Å². The molecule has 1 aromatic heterocycles. The first-order valence-electron chi connectivity index (χ1n) is 9.11. The third-order valence-corrected chi connectivity index (χ3v) is 4.86. The number of esters is 1. The van der Waals surface area contributed by atoms with Crippen LogP contribution in [0.5, 0.6) is 0 Å². The zero-order valence-electron chi connectivity index (χ0n) is 15.4. The van der Waals surface area contributed by atoms with Crippen molar-refractivity contribution in [3.05, 3.63) is 47.2 Å². The summed E-state index contributed by atoms with van der Waals surface area (Å²) in [7, 11) is 0. The number of ether oxygens (including phenoxy) is 1. The average Bonchev–Trinajstić information content (AvgIpc) is 3.33. The summed E-state index contributed by atoms with van der Waals surface area (Å²) in [4.78, 5) is 36.1. The number of hydrogen-bond donors (Lipinski definition) is 2. The Morgan fingerprint density at radius 1 is 1.14 bits per heavy atom. The lowest BCUT2D eigenvalue weighted by molar-refractivity contribution is -0.128. The topological polar surface area (TPSA) is 97.6 Å². The predicted octanol–water partition coefficient (Wildman–Crippen LogP) is 3.91. The molecule has 1 fully saturated rings. The molecule has 0 saturated heterocycles. The third kappa shape index (κ3) is 4.92. The van der Waals surface area contributed by atoms with Gasteiger partial charge in [-0.05, 0) is 44.0 Å². The monoisotopic (exact) mass is 404 g/mol. The number of amides is 3. The van der Waals surface area contributed by atoms with Crippen LogP contribution in [0.2, 0.25) is 5.02 Å². The number of rotatable bonds is 5. The third-order valence-electron chi connectivity index (χ3n) is 4.53. The van der Waals surface area contributed by atoms with Gasteiger partial charge in [0.15, 0.2) is 6.10 Å². The maximum absolute atomic E-state index is 12.2. The molecule has 148 valence electrons. The summed E-state index contributed by atoms with van der Waals surface area (Å²) in [6.07, 6.45) is 2.77. The van der Waals surface area contributed by atoms with Gasteiger partial charge in [-0.3, -0.25) is 10.1 Å². The summed E-state index contributed by atoms with van der Waals surface area (Å²) >= 11 is 6.12. The Kier molecular flexibility index (Phi) is 6.36. The van der Waals surface area contributed by atoms with Gasteiger partial charge in [-0.25, -0.2) is 9.59 Å². The molecule has 7 nitrogen and oxygen atoms in total. The zero-order valence-corrected chi connectivity index (χ0v) is 16.1. The van der Waals surface area contributed by atoms with E-state index in [1.807, 2.05) is 0 Å². The van der Waals surface area contributed by atoms with Gasteiger partial charge >= 0.3 is 12.0 Å². The molecule has 3 amide bonds. The van der Waals surface area contributed by atoms with Gasteiger partial charge in [0.25, 0.3) is 5.91 Å². The Labute approximate surface area is 167 Å². The van der Waals surface area contributed by atoms with E-state index in [-0.39, 0.29) is 11.8 Å². The molecule has 1 aliphatic rings. The smallest absolute Gasteiger partial charge is 0.375 e. The number of halogens is 1. The van der Waals surface area contributed by atoms with Crippen molar-refractivity contribution in [2.24, 2.45) is 0 Å². The Morgan fingerprint density at radius 3 is 2.57 bits per heavy atom. The largest absolute Gasteiger partial charge is 0.449 e. The normalized spacial score (nSPS) is 15.1. The molecule has 28 heavy (non-hydrogen) atoms. The summed E-state index contributed by atoms with van der Waals surface area (Å²) < 4.78 is 10.6. The highest BCUT2D eigenvalue weighted by molar-refractivity contribution is 6.33. The molecule has 1 heterocycles. The SMILES string of the molecule is C[C@@H](OC(=O)c1ccc(-c2ccccc2Cl)o1)C(=O)NC(=O)NC1CCCC1. The summed E-state index contributed by atoms with van der Waals surface area (Å²) in [6.45, 7) is 1.38. The predicted molar refractivity (Wildman–Crippen MR) is 103 cm³/mol. The Hall–Kier alpha value is -2.80. The van der Waals surface area contributed by atoms with E-state index >= 15 is 0 Å². The molecule has 3 rings (SSSR count). The minimum absolute atomic E-state index is 0.0648.